The summed E-state index contributed by atoms with van der Waals surface area (Å²) in [4.78, 5) is 30.2. The fourth-order valence-electron chi connectivity index (χ4n) is 4.46. The van der Waals surface area contributed by atoms with Crippen LogP contribution in [0.15, 0.2) is 101 Å². The van der Waals surface area contributed by atoms with Crippen molar-refractivity contribution in [2.45, 2.75) is 13.3 Å². The van der Waals surface area contributed by atoms with E-state index in [-0.39, 0.29) is 17.7 Å². The van der Waals surface area contributed by atoms with Crippen LogP contribution in [0, 0.1) is 18.6 Å². The summed E-state index contributed by atoms with van der Waals surface area (Å²) in [6.45, 7) is 1.71. The quantitative estimate of drug-likeness (QED) is 0.234. The summed E-state index contributed by atoms with van der Waals surface area (Å²) >= 11 is 0. The molecule has 0 aliphatic rings. The van der Waals surface area contributed by atoms with Crippen LogP contribution in [0.5, 0.6) is 11.5 Å². The van der Waals surface area contributed by atoms with Crippen molar-refractivity contribution in [2.24, 2.45) is 0 Å². The van der Waals surface area contributed by atoms with Gasteiger partial charge in [-0.1, -0.05) is 6.07 Å². The van der Waals surface area contributed by atoms with Gasteiger partial charge in [-0.3, -0.25) is 14.2 Å². The Kier molecular flexibility index (Phi) is 6.27. The van der Waals surface area contributed by atoms with Crippen molar-refractivity contribution in [3.63, 3.8) is 0 Å². The number of carbonyl (C=O) groups is 1. The highest BCUT2D eigenvalue weighted by molar-refractivity contribution is 5.97. The third-order valence-electron chi connectivity index (χ3n) is 6.43. The molecule has 2 aromatic carbocycles. The number of carbonyl (C=O) groups excluding carboxylic acids is 1. The Bertz CT molecular complexity index is 1930. The van der Waals surface area contributed by atoms with Crippen LogP contribution < -0.4 is 10.3 Å². The zero-order valence-electron chi connectivity index (χ0n) is 21.0. The number of fused-ring (bicyclic) bond motifs is 1. The van der Waals surface area contributed by atoms with E-state index in [1.54, 1.807) is 54.3 Å². The maximum atomic E-state index is 15.2. The van der Waals surface area contributed by atoms with Crippen LogP contribution in [-0.4, -0.2) is 24.9 Å². The van der Waals surface area contributed by atoms with Crippen LogP contribution in [0.1, 0.15) is 21.6 Å². The van der Waals surface area contributed by atoms with E-state index >= 15 is 4.39 Å². The zero-order valence-corrected chi connectivity index (χ0v) is 21.0. The van der Waals surface area contributed by atoms with Gasteiger partial charge in [-0.2, -0.15) is 5.10 Å². The molecule has 0 unspecified atom stereocenters. The predicted molar refractivity (Wildman–Crippen MR) is 142 cm³/mol. The maximum Gasteiger partial charge on any atom is 0.266 e. The van der Waals surface area contributed by atoms with Gasteiger partial charge in [0.2, 0.25) is 0 Å². The van der Waals surface area contributed by atoms with Gasteiger partial charge in [0.25, 0.3) is 5.56 Å². The minimum atomic E-state index is -0.680. The van der Waals surface area contributed by atoms with Gasteiger partial charge in [-0.25, -0.2) is 18.3 Å². The van der Waals surface area contributed by atoms with Gasteiger partial charge >= 0.3 is 0 Å². The lowest BCUT2D eigenvalue weighted by Crippen LogP contribution is -2.27. The highest BCUT2D eigenvalue weighted by Gasteiger charge is 2.18. The SMILES string of the molecule is Cc1ccc(C(=O)Cc2ccc(Oc3cc(-c4cnco4)cn4nccc34)c(F)c2)c(=O)n1-c1ccc(F)cc1. The second-order valence-electron chi connectivity index (χ2n) is 9.09. The first-order chi connectivity index (χ1) is 19.4. The Morgan fingerprint density at radius 2 is 1.82 bits per heavy atom. The van der Waals surface area contributed by atoms with Crippen molar-refractivity contribution in [3.8, 4) is 28.5 Å². The van der Waals surface area contributed by atoms with E-state index in [1.807, 2.05) is 0 Å². The number of benzene rings is 2. The van der Waals surface area contributed by atoms with Gasteiger partial charge in [-0.15, -0.1) is 0 Å². The lowest BCUT2D eigenvalue weighted by molar-refractivity contribution is 0.0991. The van der Waals surface area contributed by atoms with Crippen LogP contribution in [0.3, 0.4) is 0 Å². The molecule has 6 aromatic rings. The summed E-state index contributed by atoms with van der Waals surface area (Å²) < 4.78 is 42.7. The second kappa shape index (κ2) is 10.1. The molecule has 0 atom stereocenters. The third kappa shape index (κ3) is 4.66. The van der Waals surface area contributed by atoms with Crippen molar-refractivity contribution in [1.82, 2.24) is 19.2 Å². The summed E-state index contributed by atoms with van der Waals surface area (Å²) in [6.07, 6.45) is 5.98. The van der Waals surface area contributed by atoms with Gasteiger partial charge in [0.1, 0.15) is 11.3 Å². The second-order valence-corrected chi connectivity index (χ2v) is 9.09. The van der Waals surface area contributed by atoms with E-state index in [9.17, 15) is 14.0 Å². The first-order valence-electron chi connectivity index (χ1n) is 12.2. The van der Waals surface area contributed by atoms with Gasteiger partial charge < -0.3 is 9.15 Å². The first kappa shape index (κ1) is 24.9. The van der Waals surface area contributed by atoms with Gasteiger partial charge in [0.05, 0.1) is 18.0 Å². The minimum absolute atomic E-state index is 0.0528. The molecule has 6 rings (SSSR count). The number of Topliss-reactive ketones (excluding diaryl/α,β-unsaturated/α-hetero) is 1. The van der Waals surface area contributed by atoms with Crippen molar-refractivity contribution in [3.05, 3.63) is 131 Å². The van der Waals surface area contributed by atoms with E-state index in [0.717, 1.165) is 0 Å². The molecule has 8 nitrogen and oxygen atoms in total. The normalized spacial score (nSPS) is 11.2. The Labute approximate surface area is 225 Å². The molecular formula is C30H20F2N4O4. The molecule has 0 bridgehead atoms. The summed E-state index contributed by atoms with van der Waals surface area (Å²) in [6, 6.07) is 16.1. The number of rotatable bonds is 7. The van der Waals surface area contributed by atoms with Crippen LogP contribution in [-0.2, 0) is 6.42 Å². The fourth-order valence-corrected chi connectivity index (χ4v) is 4.46. The highest BCUT2D eigenvalue weighted by Crippen LogP contribution is 2.32. The van der Waals surface area contributed by atoms with E-state index in [2.05, 4.69) is 10.1 Å². The number of nitrogens with zero attached hydrogens (tertiary/aromatic N) is 4. The summed E-state index contributed by atoms with van der Waals surface area (Å²) in [5.74, 6) is -0.812. The number of halogens is 2. The lowest BCUT2D eigenvalue weighted by atomic mass is 10.0. The molecular weight excluding hydrogens is 518 g/mol. The Morgan fingerprint density at radius 3 is 2.58 bits per heavy atom. The van der Waals surface area contributed by atoms with E-state index in [0.29, 0.717) is 39.5 Å². The molecule has 0 fully saturated rings. The predicted octanol–water partition coefficient (Wildman–Crippen LogP) is 5.94. The van der Waals surface area contributed by atoms with Gasteiger partial charge in [-0.05, 0) is 73.2 Å². The standard InChI is InChI=1S/C30H20F2N4O4/c1-18-2-8-23(30(38)36(18)22-6-4-21(31)5-7-22)26(37)13-19-3-9-27(24(32)12-19)40-28-14-20(29-15-33-17-39-29)16-35-25(28)10-11-34-35/h2-12,14-17H,13H2,1H3. The molecule has 4 aromatic heterocycles. The van der Waals surface area contributed by atoms with Crippen molar-refractivity contribution < 1.29 is 22.7 Å². The number of ketones is 1. The molecule has 4 heterocycles. The first-order valence-corrected chi connectivity index (χ1v) is 12.2. The van der Waals surface area contributed by atoms with Crippen molar-refractivity contribution >= 4 is 11.3 Å². The topological polar surface area (TPSA) is 91.6 Å². The zero-order chi connectivity index (χ0) is 27.8. The molecule has 0 spiro atoms. The van der Waals surface area contributed by atoms with Crippen LogP contribution in [0.4, 0.5) is 8.78 Å². The van der Waals surface area contributed by atoms with Crippen molar-refractivity contribution in [2.75, 3.05) is 0 Å². The molecule has 40 heavy (non-hydrogen) atoms. The number of pyridine rings is 2. The summed E-state index contributed by atoms with van der Waals surface area (Å²) in [5, 5.41) is 4.23. The number of hydrogen-bond acceptors (Lipinski definition) is 6. The average molecular weight is 539 g/mol. The third-order valence-corrected chi connectivity index (χ3v) is 6.43. The lowest BCUT2D eigenvalue weighted by Gasteiger charge is -2.12. The molecule has 198 valence electrons. The van der Waals surface area contributed by atoms with Gasteiger partial charge in [0, 0.05) is 29.6 Å². The molecule has 0 aliphatic carbocycles. The highest BCUT2D eigenvalue weighted by atomic mass is 19.1. The molecule has 0 saturated carbocycles. The smallest absolute Gasteiger partial charge is 0.266 e. The van der Waals surface area contributed by atoms with E-state index in [1.165, 1.54) is 53.4 Å². The van der Waals surface area contributed by atoms with Crippen LogP contribution in [0.25, 0.3) is 22.5 Å². The molecule has 0 amide bonds. The maximum absolute atomic E-state index is 15.2. The number of aryl methyl sites for hydroxylation is 1. The molecule has 0 radical (unpaired) electrons. The molecule has 0 saturated heterocycles. The summed E-state index contributed by atoms with van der Waals surface area (Å²) in [7, 11) is 0. The fraction of sp³-hybridized carbons (Fsp3) is 0.0667. The largest absolute Gasteiger partial charge is 0.452 e. The Balaban J connectivity index is 1.26. The number of hydrogen-bond donors (Lipinski definition) is 0. The van der Waals surface area contributed by atoms with Gasteiger partial charge in [0.15, 0.2) is 35.3 Å². The van der Waals surface area contributed by atoms with E-state index < -0.39 is 23.0 Å². The molecule has 10 heteroatoms. The summed E-state index contributed by atoms with van der Waals surface area (Å²) in [5.41, 5.74) is 2.05. The number of oxazole rings is 1. The van der Waals surface area contributed by atoms with Crippen molar-refractivity contribution in [1.29, 1.82) is 0 Å². The monoisotopic (exact) mass is 538 g/mol. The van der Waals surface area contributed by atoms with Crippen LogP contribution in [0.2, 0.25) is 0 Å². The molecule has 0 N–H and O–H groups in total. The number of aromatic nitrogens is 4. The number of ether oxygens (including phenoxy) is 1. The Morgan fingerprint density at radius 1 is 1.00 bits per heavy atom. The van der Waals surface area contributed by atoms with Crippen LogP contribution >= 0.6 is 0 Å². The minimum Gasteiger partial charge on any atom is -0.452 e. The average Bonchev–Trinajstić information content (AvgIpc) is 3.64. The molecule has 0 aliphatic heterocycles. The Hall–Kier alpha value is -5.38. The van der Waals surface area contributed by atoms with E-state index in [4.69, 9.17) is 9.15 Å².